The lowest BCUT2D eigenvalue weighted by Crippen LogP contribution is -2.55. The first-order chi connectivity index (χ1) is 12.1. The van der Waals surface area contributed by atoms with Gasteiger partial charge in [-0.2, -0.15) is 0 Å². The summed E-state index contributed by atoms with van der Waals surface area (Å²) >= 11 is 1.19. The second-order valence-corrected chi connectivity index (χ2v) is 7.79. The van der Waals surface area contributed by atoms with Crippen molar-refractivity contribution in [2.24, 2.45) is 5.41 Å². The number of aryl methyl sites for hydroxylation is 1. The first-order valence-corrected chi connectivity index (χ1v) is 9.73. The van der Waals surface area contributed by atoms with Gasteiger partial charge in [0.05, 0.1) is 12.3 Å². The number of piperidine rings is 2. The number of nitrogens with zero attached hydrogens (tertiary/aromatic N) is 4. The Bertz CT molecular complexity index is 635. The molecule has 0 bridgehead atoms. The van der Waals surface area contributed by atoms with Crippen LogP contribution in [-0.4, -0.2) is 71.1 Å². The van der Waals surface area contributed by atoms with Gasteiger partial charge in [0.15, 0.2) is 0 Å². The molecule has 7 nitrogen and oxygen atoms in total. The molecule has 0 aliphatic carbocycles. The summed E-state index contributed by atoms with van der Waals surface area (Å²) in [5.41, 5.74) is 0.801. The van der Waals surface area contributed by atoms with Crippen LogP contribution < -0.4 is 0 Å². The molecule has 3 rings (SSSR count). The Hall–Kier alpha value is -1.54. The highest BCUT2D eigenvalue weighted by Gasteiger charge is 2.43. The van der Waals surface area contributed by atoms with Gasteiger partial charge in [0.2, 0.25) is 5.91 Å². The Labute approximate surface area is 152 Å². The fraction of sp³-hybridized carbons (Fsp3) is 0.765. The molecule has 0 N–H and O–H groups in total. The van der Waals surface area contributed by atoms with Crippen LogP contribution in [0.25, 0.3) is 0 Å². The Kier molecular flexibility index (Phi) is 5.68. The molecule has 0 saturated carbocycles. The molecular formula is C17H26N4O3S. The summed E-state index contributed by atoms with van der Waals surface area (Å²) in [6.45, 7) is 5.38. The normalized spacial score (nSPS) is 24.2. The zero-order chi connectivity index (χ0) is 17.9. The minimum Gasteiger partial charge on any atom is -0.383 e. The Balaban J connectivity index is 1.71. The van der Waals surface area contributed by atoms with Crippen LogP contribution in [0, 0.1) is 5.41 Å². The summed E-state index contributed by atoms with van der Waals surface area (Å²) in [5.74, 6) is 0.248. The zero-order valence-electron chi connectivity index (χ0n) is 15.0. The number of likely N-dealkylation sites (tertiary alicyclic amines) is 2. The van der Waals surface area contributed by atoms with Crippen LogP contribution in [0.4, 0.5) is 0 Å². The van der Waals surface area contributed by atoms with E-state index in [1.807, 2.05) is 16.7 Å². The summed E-state index contributed by atoms with van der Waals surface area (Å²) in [5, 5.41) is 4.06. The molecule has 2 aliphatic rings. The third kappa shape index (κ3) is 3.84. The van der Waals surface area contributed by atoms with Crippen molar-refractivity contribution < 1.29 is 14.3 Å². The van der Waals surface area contributed by atoms with Crippen LogP contribution >= 0.6 is 11.5 Å². The van der Waals surface area contributed by atoms with E-state index in [0.717, 1.165) is 44.5 Å². The van der Waals surface area contributed by atoms with Crippen molar-refractivity contribution in [2.45, 2.75) is 39.0 Å². The van der Waals surface area contributed by atoms with Crippen molar-refractivity contribution in [3.63, 3.8) is 0 Å². The van der Waals surface area contributed by atoms with Gasteiger partial charge in [-0.05, 0) is 37.2 Å². The lowest BCUT2D eigenvalue weighted by atomic mass is 9.73. The molecule has 1 aromatic heterocycles. The molecular weight excluding hydrogens is 340 g/mol. The summed E-state index contributed by atoms with van der Waals surface area (Å²) in [7, 11) is 1.65. The third-order valence-electron chi connectivity index (χ3n) is 5.35. The molecule has 3 heterocycles. The number of hydrogen-bond acceptors (Lipinski definition) is 6. The van der Waals surface area contributed by atoms with E-state index in [1.165, 1.54) is 11.5 Å². The van der Waals surface area contributed by atoms with E-state index in [1.54, 1.807) is 7.11 Å². The smallest absolute Gasteiger partial charge is 0.267 e. The van der Waals surface area contributed by atoms with Crippen LogP contribution in [-0.2, 0) is 16.0 Å². The maximum atomic E-state index is 12.9. The second kappa shape index (κ2) is 7.78. The van der Waals surface area contributed by atoms with Crippen molar-refractivity contribution in [2.75, 3.05) is 39.9 Å². The van der Waals surface area contributed by atoms with E-state index in [0.29, 0.717) is 31.0 Å². The highest BCUT2D eigenvalue weighted by Crippen LogP contribution is 2.39. The predicted molar refractivity (Wildman–Crippen MR) is 94.5 cm³/mol. The summed E-state index contributed by atoms with van der Waals surface area (Å²) in [6, 6.07) is 0. The number of carbonyl (C=O) groups excluding carboxylic acids is 2. The fourth-order valence-corrected chi connectivity index (χ4v) is 4.69. The molecule has 2 saturated heterocycles. The van der Waals surface area contributed by atoms with Crippen LogP contribution in [0.3, 0.4) is 0 Å². The summed E-state index contributed by atoms with van der Waals surface area (Å²) < 4.78 is 9.08. The number of methoxy groups -OCH3 is 1. The fourth-order valence-electron chi connectivity index (χ4n) is 3.97. The van der Waals surface area contributed by atoms with Crippen molar-refractivity contribution in [3.05, 3.63) is 10.6 Å². The van der Waals surface area contributed by atoms with Gasteiger partial charge in [0.25, 0.3) is 5.91 Å². The number of ether oxygens (including phenoxy) is 1. The molecule has 8 heteroatoms. The quantitative estimate of drug-likeness (QED) is 0.791. The van der Waals surface area contributed by atoms with Crippen molar-refractivity contribution in [1.82, 2.24) is 19.4 Å². The second-order valence-electron chi connectivity index (χ2n) is 7.04. The largest absolute Gasteiger partial charge is 0.383 e. The summed E-state index contributed by atoms with van der Waals surface area (Å²) in [6.07, 6.45) is 4.19. The van der Waals surface area contributed by atoms with Gasteiger partial charge < -0.3 is 14.5 Å². The highest BCUT2D eigenvalue weighted by molar-refractivity contribution is 7.08. The van der Waals surface area contributed by atoms with E-state index in [-0.39, 0.29) is 17.2 Å². The lowest BCUT2D eigenvalue weighted by Gasteiger charge is -2.48. The van der Waals surface area contributed by atoms with Crippen LogP contribution in [0.5, 0.6) is 0 Å². The Morgan fingerprint density at radius 1 is 1.36 bits per heavy atom. The average Bonchev–Trinajstić information content (AvgIpc) is 3.11. The number of carbonyl (C=O) groups is 2. The lowest BCUT2D eigenvalue weighted by molar-refractivity contribution is -0.139. The standard InChI is InChI=1S/C17H26N4O3S/c1-3-13-15(25-19-18-13)16(23)21-8-4-6-17(12-21)7-5-14(22)20(11-17)9-10-24-2/h3-12H2,1-2H3. The van der Waals surface area contributed by atoms with E-state index in [4.69, 9.17) is 4.74 Å². The van der Waals surface area contributed by atoms with Crippen molar-refractivity contribution >= 4 is 23.3 Å². The molecule has 1 aromatic rings. The van der Waals surface area contributed by atoms with Gasteiger partial charge in [-0.1, -0.05) is 11.4 Å². The first-order valence-electron chi connectivity index (χ1n) is 8.96. The van der Waals surface area contributed by atoms with Gasteiger partial charge in [-0.3, -0.25) is 9.59 Å². The minimum absolute atomic E-state index is 0.0139. The third-order valence-corrected chi connectivity index (χ3v) is 6.10. The minimum atomic E-state index is 0.0139. The van der Waals surface area contributed by atoms with E-state index >= 15 is 0 Å². The van der Waals surface area contributed by atoms with Crippen molar-refractivity contribution in [3.8, 4) is 0 Å². The van der Waals surface area contributed by atoms with E-state index in [2.05, 4.69) is 9.59 Å². The van der Waals surface area contributed by atoms with E-state index < -0.39 is 0 Å². The molecule has 1 atom stereocenters. The maximum Gasteiger partial charge on any atom is 0.267 e. The highest BCUT2D eigenvalue weighted by atomic mass is 32.1. The van der Waals surface area contributed by atoms with Gasteiger partial charge in [-0.25, -0.2) is 0 Å². The molecule has 0 radical (unpaired) electrons. The van der Waals surface area contributed by atoms with Crippen LogP contribution in [0.15, 0.2) is 0 Å². The SMILES string of the molecule is CCc1nnsc1C(=O)N1CCCC2(CCC(=O)N(CCOC)C2)C1. The van der Waals surface area contributed by atoms with Crippen LogP contribution in [0.2, 0.25) is 0 Å². The van der Waals surface area contributed by atoms with Gasteiger partial charge >= 0.3 is 0 Å². The summed E-state index contributed by atoms with van der Waals surface area (Å²) in [4.78, 5) is 29.7. The zero-order valence-corrected chi connectivity index (χ0v) is 15.8. The molecule has 138 valence electrons. The number of rotatable bonds is 5. The monoisotopic (exact) mass is 366 g/mol. The Morgan fingerprint density at radius 3 is 2.96 bits per heavy atom. The molecule has 2 aliphatic heterocycles. The topological polar surface area (TPSA) is 75.6 Å². The van der Waals surface area contributed by atoms with Gasteiger partial charge in [-0.15, -0.1) is 5.10 Å². The molecule has 2 amide bonds. The number of amides is 2. The first kappa shape index (κ1) is 18.3. The maximum absolute atomic E-state index is 12.9. The molecule has 0 aromatic carbocycles. The number of hydrogen-bond donors (Lipinski definition) is 0. The molecule has 1 unspecified atom stereocenters. The van der Waals surface area contributed by atoms with Crippen molar-refractivity contribution in [1.29, 1.82) is 0 Å². The predicted octanol–water partition coefficient (Wildman–Crippen LogP) is 1.59. The molecule has 2 fully saturated rings. The van der Waals surface area contributed by atoms with E-state index in [9.17, 15) is 9.59 Å². The van der Waals surface area contributed by atoms with Gasteiger partial charge in [0.1, 0.15) is 4.88 Å². The van der Waals surface area contributed by atoms with Crippen LogP contribution in [0.1, 0.15) is 48.0 Å². The number of aromatic nitrogens is 2. The average molecular weight is 366 g/mol. The van der Waals surface area contributed by atoms with Gasteiger partial charge in [0, 0.05) is 45.1 Å². The molecule has 1 spiro atoms. The Morgan fingerprint density at radius 2 is 2.20 bits per heavy atom. The molecule has 25 heavy (non-hydrogen) atoms.